The van der Waals surface area contributed by atoms with Gasteiger partial charge in [0, 0.05) is 68.7 Å². The van der Waals surface area contributed by atoms with Gasteiger partial charge in [0.05, 0.1) is 0 Å². The summed E-state index contributed by atoms with van der Waals surface area (Å²) in [6, 6.07) is 18.9. The van der Waals surface area contributed by atoms with Gasteiger partial charge < -0.3 is 14.5 Å². The highest BCUT2D eigenvalue weighted by atomic mass is 19.1. The first-order chi connectivity index (χ1) is 16.6. The molecule has 3 heterocycles. The number of amides is 2. The van der Waals surface area contributed by atoms with Crippen LogP contribution < -0.4 is 4.74 Å². The Bertz CT molecular complexity index is 1160. The van der Waals surface area contributed by atoms with Gasteiger partial charge in [-0.1, -0.05) is 24.3 Å². The van der Waals surface area contributed by atoms with Crippen molar-refractivity contribution >= 4 is 11.8 Å². The number of benzene rings is 2. The van der Waals surface area contributed by atoms with Gasteiger partial charge in [-0.25, -0.2) is 9.37 Å². The first-order valence-corrected chi connectivity index (χ1v) is 11.3. The van der Waals surface area contributed by atoms with Crippen molar-refractivity contribution in [3.05, 3.63) is 89.9 Å². The van der Waals surface area contributed by atoms with E-state index in [-0.39, 0.29) is 29.5 Å². The number of halogens is 1. The Morgan fingerprint density at radius 1 is 0.824 bits per heavy atom. The molecule has 0 radical (unpaired) electrons. The van der Waals surface area contributed by atoms with Crippen molar-refractivity contribution in [2.75, 3.05) is 39.3 Å². The lowest BCUT2D eigenvalue weighted by Gasteiger charge is -2.48. The fourth-order valence-electron chi connectivity index (χ4n) is 4.32. The van der Waals surface area contributed by atoms with E-state index in [4.69, 9.17) is 4.74 Å². The van der Waals surface area contributed by atoms with Crippen LogP contribution in [0.2, 0.25) is 0 Å². The van der Waals surface area contributed by atoms with Crippen molar-refractivity contribution in [2.24, 2.45) is 0 Å². The van der Waals surface area contributed by atoms with Crippen LogP contribution >= 0.6 is 0 Å². The second kappa shape index (κ2) is 9.61. The van der Waals surface area contributed by atoms with E-state index in [0.717, 1.165) is 13.1 Å². The standard InChI is InChI=1S/C26H25FN4O3/c27-22-16-20(9-10-23(22)34-24-8-4-5-11-28-24)26(33)31-17-21(18-31)29-12-14-30(15-13-29)25(32)19-6-2-1-3-7-19/h1-11,16,21H,12-15,17-18H2. The molecule has 0 atom stereocenters. The van der Waals surface area contributed by atoms with Gasteiger partial charge >= 0.3 is 0 Å². The monoisotopic (exact) mass is 460 g/mol. The van der Waals surface area contributed by atoms with Crippen LogP contribution in [0.5, 0.6) is 11.6 Å². The number of hydrogen-bond acceptors (Lipinski definition) is 5. The summed E-state index contributed by atoms with van der Waals surface area (Å²) >= 11 is 0. The fraction of sp³-hybridized carbons (Fsp3) is 0.269. The topological polar surface area (TPSA) is 66.0 Å². The molecular weight excluding hydrogens is 435 g/mol. The molecule has 2 saturated heterocycles. The Kier molecular flexibility index (Phi) is 6.22. The molecule has 3 aromatic rings. The first kappa shape index (κ1) is 22.0. The highest BCUT2D eigenvalue weighted by Crippen LogP contribution is 2.26. The van der Waals surface area contributed by atoms with Crippen molar-refractivity contribution < 1.29 is 18.7 Å². The van der Waals surface area contributed by atoms with Gasteiger partial charge in [0.1, 0.15) is 0 Å². The quantitative estimate of drug-likeness (QED) is 0.585. The van der Waals surface area contributed by atoms with Gasteiger partial charge in [-0.3, -0.25) is 14.5 Å². The number of piperazine rings is 1. The molecule has 2 aliphatic heterocycles. The molecule has 8 heteroatoms. The largest absolute Gasteiger partial charge is 0.436 e. The van der Waals surface area contributed by atoms with E-state index in [2.05, 4.69) is 9.88 Å². The average Bonchev–Trinajstić information content (AvgIpc) is 2.85. The van der Waals surface area contributed by atoms with E-state index in [1.807, 2.05) is 35.2 Å². The summed E-state index contributed by atoms with van der Waals surface area (Å²) in [5, 5.41) is 0. The number of likely N-dealkylation sites (tertiary alicyclic amines) is 1. The molecule has 34 heavy (non-hydrogen) atoms. The van der Waals surface area contributed by atoms with E-state index in [1.54, 1.807) is 35.4 Å². The first-order valence-electron chi connectivity index (χ1n) is 11.3. The molecular formula is C26H25FN4O3. The lowest BCUT2D eigenvalue weighted by Crippen LogP contribution is -2.64. The summed E-state index contributed by atoms with van der Waals surface area (Å²) in [5.74, 6) is -0.426. The summed E-state index contributed by atoms with van der Waals surface area (Å²) in [6.07, 6.45) is 1.56. The molecule has 0 aliphatic carbocycles. The highest BCUT2D eigenvalue weighted by molar-refractivity contribution is 5.95. The van der Waals surface area contributed by atoms with Gasteiger partial charge in [-0.2, -0.15) is 0 Å². The zero-order valence-corrected chi connectivity index (χ0v) is 18.6. The Morgan fingerprint density at radius 2 is 1.53 bits per heavy atom. The van der Waals surface area contributed by atoms with Crippen molar-refractivity contribution in [2.45, 2.75) is 6.04 Å². The van der Waals surface area contributed by atoms with Gasteiger partial charge in [-0.05, 0) is 36.4 Å². The molecule has 0 unspecified atom stereocenters. The number of ether oxygens (including phenoxy) is 1. The summed E-state index contributed by atoms with van der Waals surface area (Å²) in [6.45, 7) is 4.08. The predicted octanol–water partition coefficient (Wildman–Crippen LogP) is 3.30. The molecule has 2 aliphatic rings. The van der Waals surface area contributed by atoms with Crippen LogP contribution in [0.25, 0.3) is 0 Å². The Labute approximate surface area is 197 Å². The van der Waals surface area contributed by atoms with Crippen LogP contribution in [0.4, 0.5) is 4.39 Å². The molecule has 0 spiro atoms. The maximum Gasteiger partial charge on any atom is 0.254 e. The maximum absolute atomic E-state index is 14.5. The van der Waals surface area contributed by atoms with Gasteiger partial charge in [0.25, 0.3) is 11.8 Å². The summed E-state index contributed by atoms with van der Waals surface area (Å²) in [5.41, 5.74) is 1.00. The van der Waals surface area contributed by atoms with Crippen molar-refractivity contribution in [1.82, 2.24) is 19.7 Å². The van der Waals surface area contributed by atoms with Crippen molar-refractivity contribution in [1.29, 1.82) is 0 Å². The SMILES string of the molecule is O=C(c1ccccc1)N1CCN(C2CN(C(=O)c3ccc(Oc4ccccn4)c(F)c3)C2)CC1. The summed E-state index contributed by atoms with van der Waals surface area (Å²) < 4.78 is 20.0. The Hall–Kier alpha value is -3.78. The van der Waals surface area contributed by atoms with Crippen LogP contribution in [0.3, 0.4) is 0 Å². The second-order valence-electron chi connectivity index (χ2n) is 8.47. The number of pyridine rings is 1. The van der Waals surface area contributed by atoms with Gasteiger partial charge in [-0.15, -0.1) is 0 Å². The highest BCUT2D eigenvalue weighted by Gasteiger charge is 2.37. The van der Waals surface area contributed by atoms with Gasteiger partial charge in [0.2, 0.25) is 5.88 Å². The van der Waals surface area contributed by atoms with Crippen LogP contribution in [-0.4, -0.2) is 76.8 Å². The average molecular weight is 461 g/mol. The maximum atomic E-state index is 14.5. The molecule has 2 amide bonds. The molecule has 1 aromatic heterocycles. The van der Waals surface area contributed by atoms with E-state index in [0.29, 0.717) is 37.3 Å². The number of hydrogen-bond donors (Lipinski definition) is 0. The second-order valence-corrected chi connectivity index (χ2v) is 8.47. The zero-order chi connectivity index (χ0) is 23.5. The molecule has 2 aromatic carbocycles. The Morgan fingerprint density at radius 3 is 2.21 bits per heavy atom. The molecule has 2 fully saturated rings. The van der Waals surface area contributed by atoms with Crippen LogP contribution in [0, 0.1) is 5.82 Å². The number of carbonyl (C=O) groups excluding carboxylic acids is 2. The zero-order valence-electron chi connectivity index (χ0n) is 18.6. The summed E-state index contributed by atoms with van der Waals surface area (Å²) in [4.78, 5) is 35.4. The van der Waals surface area contributed by atoms with Crippen molar-refractivity contribution in [3.63, 3.8) is 0 Å². The third-order valence-corrected chi connectivity index (χ3v) is 6.32. The minimum absolute atomic E-state index is 0.0275. The van der Waals surface area contributed by atoms with E-state index >= 15 is 0 Å². The van der Waals surface area contributed by atoms with Gasteiger partial charge in [0.15, 0.2) is 11.6 Å². The summed E-state index contributed by atoms with van der Waals surface area (Å²) in [7, 11) is 0. The molecule has 0 N–H and O–H groups in total. The molecule has 7 nitrogen and oxygen atoms in total. The minimum atomic E-state index is -0.604. The van der Waals surface area contributed by atoms with Crippen LogP contribution in [0.15, 0.2) is 72.9 Å². The fourth-order valence-corrected chi connectivity index (χ4v) is 4.32. The minimum Gasteiger partial charge on any atom is -0.436 e. The number of nitrogens with zero attached hydrogens (tertiary/aromatic N) is 4. The molecule has 5 rings (SSSR count). The van der Waals surface area contributed by atoms with E-state index in [1.165, 1.54) is 12.1 Å². The lowest BCUT2D eigenvalue weighted by molar-refractivity contribution is 0.00851. The Balaban J connectivity index is 1.12. The number of aromatic nitrogens is 1. The van der Waals surface area contributed by atoms with Crippen LogP contribution in [-0.2, 0) is 0 Å². The molecule has 0 saturated carbocycles. The molecule has 0 bridgehead atoms. The number of carbonyl (C=O) groups is 2. The van der Waals surface area contributed by atoms with E-state index < -0.39 is 5.82 Å². The number of rotatable bonds is 5. The lowest BCUT2D eigenvalue weighted by atomic mass is 10.0. The third kappa shape index (κ3) is 4.63. The van der Waals surface area contributed by atoms with E-state index in [9.17, 15) is 14.0 Å². The molecule has 174 valence electrons. The predicted molar refractivity (Wildman–Crippen MR) is 124 cm³/mol. The third-order valence-electron chi connectivity index (χ3n) is 6.32. The normalized spacial score (nSPS) is 16.7. The van der Waals surface area contributed by atoms with Crippen LogP contribution in [0.1, 0.15) is 20.7 Å². The van der Waals surface area contributed by atoms with Crippen molar-refractivity contribution in [3.8, 4) is 11.6 Å². The smallest absolute Gasteiger partial charge is 0.254 e.